The average Bonchev–Trinajstić information content (AvgIpc) is 3.18. The maximum atomic E-state index is 11.6. The summed E-state index contributed by atoms with van der Waals surface area (Å²) < 4.78 is 0. The van der Waals surface area contributed by atoms with Gasteiger partial charge in [0, 0.05) is 43.6 Å². The van der Waals surface area contributed by atoms with E-state index in [4.69, 9.17) is 0 Å². The molecule has 2 bridgehead atoms. The summed E-state index contributed by atoms with van der Waals surface area (Å²) in [6.07, 6.45) is 6.75. The van der Waals surface area contributed by atoms with Gasteiger partial charge in [0.1, 0.15) is 0 Å². The highest BCUT2D eigenvalue weighted by Crippen LogP contribution is 2.53. The van der Waals surface area contributed by atoms with Crippen LogP contribution in [0.2, 0.25) is 0 Å². The largest absolute Gasteiger partial charge is 0.396 e. The molecule has 4 rings (SSSR count). The number of aliphatic hydroxyl groups is 1. The van der Waals surface area contributed by atoms with Crippen molar-refractivity contribution in [1.82, 2.24) is 9.80 Å². The summed E-state index contributed by atoms with van der Waals surface area (Å²) in [5, 5.41) is 10.4. The lowest BCUT2D eigenvalue weighted by Crippen LogP contribution is -2.50. The fourth-order valence-corrected chi connectivity index (χ4v) is 5.79. The zero-order valence-electron chi connectivity index (χ0n) is 15.2. The topological polar surface area (TPSA) is 43.8 Å². The molecule has 25 heavy (non-hydrogen) atoms. The Kier molecular flexibility index (Phi) is 4.59. The Balaban J connectivity index is 1.50. The van der Waals surface area contributed by atoms with Crippen LogP contribution in [0, 0.1) is 5.41 Å². The molecule has 0 aliphatic carbocycles. The summed E-state index contributed by atoms with van der Waals surface area (Å²) in [5.74, 6) is 0.205. The molecule has 3 saturated heterocycles. The fourth-order valence-electron chi connectivity index (χ4n) is 5.79. The second kappa shape index (κ2) is 6.73. The van der Waals surface area contributed by atoms with Crippen LogP contribution in [0.15, 0.2) is 30.3 Å². The van der Waals surface area contributed by atoms with E-state index in [9.17, 15) is 9.90 Å². The first kappa shape index (κ1) is 17.0. The summed E-state index contributed by atoms with van der Waals surface area (Å²) >= 11 is 0. The van der Waals surface area contributed by atoms with Crippen LogP contribution in [0.1, 0.15) is 44.6 Å². The van der Waals surface area contributed by atoms with Crippen molar-refractivity contribution in [3.05, 3.63) is 35.9 Å². The minimum atomic E-state index is 0.0159. The van der Waals surface area contributed by atoms with Crippen molar-refractivity contribution in [3.8, 4) is 0 Å². The molecular formula is C21H30N2O2. The van der Waals surface area contributed by atoms with E-state index in [-0.39, 0.29) is 17.9 Å². The van der Waals surface area contributed by atoms with Crippen LogP contribution >= 0.6 is 0 Å². The molecule has 4 heteroatoms. The SMILES string of the molecule is CC(=O)N1CCC(N2[C@@H]3CC[C@H]2[C@](CO)(Cc2ccccc2)C3)CC1. The van der Waals surface area contributed by atoms with Gasteiger partial charge in [-0.05, 0) is 44.1 Å². The second-order valence-corrected chi connectivity index (χ2v) is 8.32. The summed E-state index contributed by atoms with van der Waals surface area (Å²) in [5.41, 5.74) is 1.36. The number of amides is 1. The quantitative estimate of drug-likeness (QED) is 0.914. The van der Waals surface area contributed by atoms with Crippen LogP contribution in [-0.4, -0.2) is 58.6 Å². The number of benzene rings is 1. The van der Waals surface area contributed by atoms with Crippen LogP contribution in [-0.2, 0) is 11.2 Å². The zero-order chi connectivity index (χ0) is 17.4. The number of fused-ring (bicyclic) bond motifs is 2. The van der Waals surface area contributed by atoms with E-state index in [1.165, 1.54) is 18.4 Å². The highest BCUT2D eigenvalue weighted by Gasteiger charge is 2.57. The van der Waals surface area contributed by atoms with E-state index in [2.05, 4.69) is 35.2 Å². The Bertz CT molecular complexity index is 612. The van der Waals surface area contributed by atoms with E-state index in [0.29, 0.717) is 18.1 Å². The molecule has 0 spiro atoms. The Morgan fingerprint density at radius 3 is 2.48 bits per heavy atom. The lowest BCUT2D eigenvalue weighted by molar-refractivity contribution is -0.130. The normalized spacial score (nSPS) is 33.1. The number of hydrogen-bond donors (Lipinski definition) is 1. The van der Waals surface area contributed by atoms with Crippen molar-refractivity contribution in [2.24, 2.45) is 5.41 Å². The summed E-state index contributed by atoms with van der Waals surface area (Å²) in [6, 6.07) is 12.3. The van der Waals surface area contributed by atoms with Gasteiger partial charge >= 0.3 is 0 Å². The minimum Gasteiger partial charge on any atom is -0.396 e. The third kappa shape index (κ3) is 3.00. The molecule has 1 N–H and O–H groups in total. The molecule has 0 saturated carbocycles. The molecule has 3 heterocycles. The number of aliphatic hydroxyl groups excluding tert-OH is 1. The van der Waals surface area contributed by atoms with Crippen LogP contribution in [0.25, 0.3) is 0 Å². The maximum Gasteiger partial charge on any atom is 0.219 e. The van der Waals surface area contributed by atoms with E-state index >= 15 is 0 Å². The third-order valence-corrected chi connectivity index (χ3v) is 6.95. The second-order valence-electron chi connectivity index (χ2n) is 8.32. The molecule has 1 aromatic rings. The first-order chi connectivity index (χ1) is 12.1. The monoisotopic (exact) mass is 342 g/mol. The van der Waals surface area contributed by atoms with Gasteiger partial charge in [-0.2, -0.15) is 0 Å². The van der Waals surface area contributed by atoms with Crippen LogP contribution < -0.4 is 0 Å². The fraction of sp³-hybridized carbons (Fsp3) is 0.667. The third-order valence-electron chi connectivity index (χ3n) is 6.95. The Labute approximate surface area is 150 Å². The number of likely N-dealkylation sites (tertiary alicyclic amines) is 1. The van der Waals surface area contributed by atoms with Gasteiger partial charge in [-0.25, -0.2) is 0 Å². The first-order valence-electron chi connectivity index (χ1n) is 9.81. The van der Waals surface area contributed by atoms with Crippen molar-refractivity contribution in [2.75, 3.05) is 19.7 Å². The molecule has 4 nitrogen and oxygen atoms in total. The number of hydrogen-bond acceptors (Lipinski definition) is 3. The van der Waals surface area contributed by atoms with E-state index in [1.54, 1.807) is 6.92 Å². The molecule has 3 fully saturated rings. The predicted octanol–water partition coefficient (Wildman–Crippen LogP) is 2.46. The standard InChI is InChI=1S/C21H30N2O2/c1-16(25)22-11-9-18(10-12-22)23-19-7-8-20(23)21(14-19,15-24)13-17-5-3-2-4-6-17/h2-6,18-20,24H,7-15H2,1H3/t19-,20+,21-/m1/s1. The average molecular weight is 342 g/mol. The summed E-state index contributed by atoms with van der Waals surface area (Å²) in [7, 11) is 0. The minimum absolute atomic E-state index is 0.0159. The van der Waals surface area contributed by atoms with Gasteiger partial charge in [-0.15, -0.1) is 0 Å². The number of piperidine rings is 1. The van der Waals surface area contributed by atoms with Gasteiger partial charge in [0.05, 0.1) is 6.61 Å². The van der Waals surface area contributed by atoms with Crippen molar-refractivity contribution in [1.29, 1.82) is 0 Å². The molecule has 3 aliphatic rings. The highest BCUT2D eigenvalue weighted by atomic mass is 16.3. The summed E-state index contributed by atoms with van der Waals surface area (Å²) in [6.45, 7) is 3.74. The number of rotatable bonds is 4. The highest BCUT2D eigenvalue weighted by molar-refractivity contribution is 5.73. The van der Waals surface area contributed by atoms with E-state index in [1.807, 2.05) is 4.90 Å². The van der Waals surface area contributed by atoms with E-state index < -0.39 is 0 Å². The molecule has 136 valence electrons. The van der Waals surface area contributed by atoms with Crippen molar-refractivity contribution in [3.63, 3.8) is 0 Å². The molecular weight excluding hydrogens is 312 g/mol. The van der Waals surface area contributed by atoms with Gasteiger partial charge in [0.25, 0.3) is 0 Å². The molecule has 3 aliphatic heterocycles. The van der Waals surface area contributed by atoms with Crippen LogP contribution in [0.3, 0.4) is 0 Å². The lowest BCUT2D eigenvalue weighted by atomic mass is 9.70. The first-order valence-corrected chi connectivity index (χ1v) is 9.81. The number of nitrogens with zero attached hydrogens (tertiary/aromatic N) is 2. The Morgan fingerprint density at radius 2 is 1.84 bits per heavy atom. The molecule has 0 unspecified atom stereocenters. The number of carbonyl (C=O) groups excluding carboxylic acids is 1. The predicted molar refractivity (Wildman–Crippen MR) is 98.2 cm³/mol. The van der Waals surface area contributed by atoms with Gasteiger partial charge in [-0.1, -0.05) is 30.3 Å². The number of carbonyl (C=O) groups is 1. The van der Waals surface area contributed by atoms with Gasteiger partial charge in [0.15, 0.2) is 0 Å². The molecule has 0 radical (unpaired) electrons. The Hall–Kier alpha value is -1.39. The smallest absolute Gasteiger partial charge is 0.219 e. The maximum absolute atomic E-state index is 11.6. The van der Waals surface area contributed by atoms with Crippen LogP contribution in [0.5, 0.6) is 0 Å². The van der Waals surface area contributed by atoms with Crippen molar-refractivity contribution in [2.45, 2.75) is 63.6 Å². The van der Waals surface area contributed by atoms with Crippen molar-refractivity contribution < 1.29 is 9.90 Å². The van der Waals surface area contributed by atoms with Crippen LogP contribution in [0.4, 0.5) is 0 Å². The molecule has 3 atom stereocenters. The van der Waals surface area contributed by atoms with E-state index in [0.717, 1.165) is 38.8 Å². The van der Waals surface area contributed by atoms with Crippen molar-refractivity contribution >= 4 is 5.91 Å². The van der Waals surface area contributed by atoms with Gasteiger partial charge < -0.3 is 10.0 Å². The molecule has 1 aromatic carbocycles. The van der Waals surface area contributed by atoms with Gasteiger partial charge in [0.2, 0.25) is 5.91 Å². The lowest BCUT2D eigenvalue weighted by Gasteiger charge is -2.41. The van der Waals surface area contributed by atoms with Gasteiger partial charge in [-0.3, -0.25) is 9.69 Å². The zero-order valence-corrected chi connectivity index (χ0v) is 15.2. The molecule has 0 aromatic heterocycles. The Morgan fingerprint density at radius 1 is 1.12 bits per heavy atom. The summed E-state index contributed by atoms with van der Waals surface area (Å²) in [4.78, 5) is 16.3. The molecule has 1 amide bonds.